The van der Waals surface area contributed by atoms with Crippen LogP contribution < -0.4 is 15.8 Å². The molecule has 6 heteroatoms. The van der Waals surface area contributed by atoms with E-state index in [2.05, 4.69) is 15.5 Å². The van der Waals surface area contributed by atoms with Crippen molar-refractivity contribution in [3.8, 4) is 5.75 Å². The number of nitrogens with one attached hydrogen (secondary N) is 2. The molecule has 0 saturated carbocycles. The van der Waals surface area contributed by atoms with Gasteiger partial charge in [-0.2, -0.15) is 5.10 Å². The fourth-order valence-electron chi connectivity index (χ4n) is 1.77. The highest BCUT2D eigenvalue weighted by atomic mass is 19.1. The molecule has 1 heterocycles. The molecule has 0 spiro atoms. The lowest BCUT2D eigenvalue weighted by atomic mass is 10.1. The Hall–Kier alpha value is -2.24. The number of rotatable bonds is 5. The van der Waals surface area contributed by atoms with Crippen molar-refractivity contribution < 1.29 is 9.13 Å². The van der Waals surface area contributed by atoms with Gasteiger partial charge in [-0.1, -0.05) is 0 Å². The maximum absolute atomic E-state index is 13.6. The third-order valence-corrected chi connectivity index (χ3v) is 2.80. The summed E-state index contributed by atoms with van der Waals surface area (Å²) in [5, 5.41) is 9.84. The van der Waals surface area contributed by atoms with Crippen molar-refractivity contribution in [1.82, 2.24) is 10.2 Å². The van der Waals surface area contributed by atoms with E-state index in [0.29, 0.717) is 18.0 Å². The van der Waals surface area contributed by atoms with Crippen molar-refractivity contribution in [1.29, 1.82) is 0 Å². The number of aromatic amines is 1. The normalized spacial score (nSPS) is 12.2. The van der Waals surface area contributed by atoms with Gasteiger partial charge in [0, 0.05) is 23.9 Å². The van der Waals surface area contributed by atoms with E-state index in [9.17, 15) is 4.39 Å². The number of hydrogen-bond donors (Lipinski definition) is 3. The number of ether oxygens (including phenoxy) is 1. The summed E-state index contributed by atoms with van der Waals surface area (Å²) >= 11 is 0. The summed E-state index contributed by atoms with van der Waals surface area (Å²) in [7, 11) is 0. The van der Waals surface area contributed by atoms with Crippen molar-refractivity contribution in [2.24, 2.45) is 0 Å². The Kier molecular flexibility index (Phi) is 3.89. The van der Waals surface area contributed by atoms with Crippen molar-refractivity contribution >= 4 is 11.4 Å². The smallest absolute Gasteiger partial charge is 0.167 e. The molecule has 1 unspecified atom stereocenters. The van der Waals surface area contributed by atoms with Gasteiger partial charge in [-0.15, -0.1) is 0 Å². The molecule has 1 aromatic heterocycles. The summed E-state index contributed by atoms with van der Waals surface area (Å²) in [4.78, 5) is 0. The first-order valence-corrected chi connectivity index (χ1v) is 6.08. The van der Waals surface area contributed by atoms with Gasteiger partial charge >= 0.3 is 0 Å². The first-order valence-electron chi connectivity index (χ1n) is 6.08. The van der Waals surface area contributed by atoms with Crippen LogP contribution in [0, 0.1) is 5.82 Å². The summed E-state index contributed by atoms with van der Waals surface area (Å²) < 4.78 is 18.8. The Balaban J connectivity index is 2.22. The van der Waals surface area contributed by atoms with Gasteiger partial charge in [0.15, 0.2) is 11.6 Å². The predicted molar refractivity (Wildman–Crippen MR) is 72.6 cm³/mol. The maximum atomic E-state index is 13.6. The number of nitrogens with two attached hydrogens (primary N) is 1. The molecule has 0 fully saturated rings. The van der Waals surface area contributed by atoms with E-state index in [-0.39, 0.29) is 11.8 Å². The number of aromatic nitrogens is 2. The molecule has 1 aromatic carbocycles. The van der Waals surface area contributed by atoms with Crippen LogP contribution in [0.1, 0.15) is 25.5 Å². The summed E-state index contributed by atoms with van der Waals surface area (Å²) in [5.74, 6) is -0.264. The van der Waals surface area contributed by atoms with Crippen LogP contribution in [0.4, 0.5) is 15.8 Å². The Bertz CT molecular complexity index is 542. The minimum atomic E-state index is -0.458. The molecule has 102 valence electrons. The number of nitrogen functional groups attached to an aromatic ring is 1. The SMILES string of the molecule is CCOc1cc(NC(C)c2cn[nH]c2)c(N)cc1F. The number of anilines is 2. The molecule has 4 N–H and O–H groups in total. The largest absolute Gasteiger partial charge is 0.491 e. The molecule has 0 amide bonds. The van der Waals surface area contributed by atoms with Crippen molar-refractivity contribution in [3.63, 3.8) is 0 Å². The van der Waals surface area contributed by atoms with Crippen LogP contribution in [0.15, 0.2) is 24.5 Å². The van der Waals surface area contributed by atoms with Gasteiger partial charge in [-0.3, -0.25) is 5.10 Å². The summed E-state index contributed by atoms with van der Waals surface area (Å²) in [5.41, 5.74) is 7.78. The zero-order valence-electron chi connectivity index (χ0n) is 10.9. The minimum absolute atomic E-state index is 0.000915. The minimum Gasteiger partial charge on any atom is -0.491 e. The molecule has 2 aromatic rings. The third kappa shape index (κ3) is 2.96. The predicted octanol–water partition coefficient (Wildman–Crippen LogP) is 2.70. The number of H-pyrrole nitrogens is 1. The second kappa shape index (κ2) is 5.60. The molecule has 0 radical (unpaired) electrons. The van der Waals surface area contributed by atoms with Gasteiger partial charge in [0.1, 0.15) is 0 Å². The maximum Gasteiger partial charge on any atom is 0.167 e. The van der Waals surface area contributed by atoms with E-state index in [1.165, 1.54) is 6.07 Å². The second-order valence-electron chi connectivity index (χ2n) is 4.20. The molecule has 0 aliphatic rings. The van der Waals surface area contributed by atoms with E-state index in [0.717, 1.165) is 5.56 Å². The van der Waals surface area contributed by atoms with Crippen LogP contribution in [-0.4, -0.2) is 16.8 Å². The van der Waals surface area contributed by atoms with E-state index >= 15 is 0 Å². The lowest BCUT2D eigenvalue weighted by Gasteiger charge is -2.17. The Labute approximate surface area is 111 Å². The fraction of sp³-hybridized carbons (Fsp3) is 0.308. The lowest BCUT2D eigenvalue weighted by Crippen LogP contribution is -2.08. The zero-order chi connectivity index (χ0) is 13.8. The summed E-state index contributed by atoms with van der Waals surface area (Å²) in [6.45, 7) is 4.17. The Morgan fingerprint density at radius 2 is 2.32 bits per heavy atom. The molecular formula is C13H17FN4O. The van der Waals surface area contributed by atoms with E-state index in [1.54, 1.807) is 25.4 Å². The first kappa shape index (κ1) is 13.2. The Morgan fingerprint density at radius 1 is 1.53 bits per heavy atom. The van der Waals surface area contributed by atoms with E-state index in [1.807, 2.05) is 6.92 Å². The van der Waals surface area contributed by atoms with Gasteiger partial charge in [0.2, 0.25) is 0 Å². The van der Waals surface area contributed by atoms with Crippen LogP contribution >= 0.6 is 0 Å². The Morgan fingerprint density at radius 3 is 2.95 bits per heavy atom. The summed E-state index contributed by atoms with van der Waals surface area (Å²) in [6.07, 6.45) is 3.52. The average Bonchev–Trinajstić information content (AvgIpc) is 2.89. The zero-order valence-corrected chi connectivity index (χ0v) is 10.9. The van der Waals surface area contributed by atoms with Crippen molar-refractivity contribution in [2.45, 2.75) is 19.9 Å². The quantitative estimate of drug-likeness (QED) is 0.726. The number of nitrogens with zero attached hydrogens (tertiary/aromatic N) is 1. The van der Waals surface area contributed by atoms with Crippen molar-refractivity contribution in [3.05, 3.63) is 35.9 Å². The van der Waals surface area contributed by atoms with Crippen LogP contribution in [0.5, 0.6) is 5.75 Å². The van der Waals surface area contributed by atoms with Gasteiger partial charge < -0.3 is 15.8 Å². The standard InChI is InChI=1S/C13H17FN4O/c1-3-19-13-5-12(11(15)4-10(13)14)18-8(2)9-6-16-17-7-9/h4-8,18H,3,15H2,1-2H3,(H,16,17). The van der Waals surface area contributed by atoms with Gasteiger partial charge in [0.25, 0.3) is 0 Å². The molecule has 5 nitrogen and oxygen atoms in total. The topological polar surface area (TPSA) is 76.0 Å². The molecule has 0 aliphatic carbocycles. The monoisotopic (exact) mass is 264 g/mol. The number of hydrogen-bond acceptors (Lipinski definition) is 4. The average molecular weight is 264 g/mol. The van der Waals surface area contributed by atoms with Gasteiger partial charge in [-0.05, 0) is 13.8 Å². The van der Waals surface area contributed by atoms with Gasteiger partial charge in [-0.25, -0.2) is 4.39 Å². The molecule has 0 bridgehead atoms. The molecule has 0 aliphatic heterocycles. The highest BCUT2D eigenvalue weighted by molar-refractivity contribution is 5.69. The highest BCUT2D eigenvalue weighted by Crippen LogP contribution is 2.30. The molecular weight excluding hydrogens is 247 g/mol. The van der Waals surface area contributed by atoms with Crippen LogP contribution in [0.3, 0.4) is 0 Å². The molecule has 19 heavy (non-hydrogen) atoms. The molecule has 1 atom stereocenters. The van der Waals surface area contributed by atoms with Crippen LogP contribution in [-0.2, 0) is 0 Å². The lowest BCUT2D eigenvalue weighted by molar-refractivity contribution is 0.322. The van der Waals surface area contributed by atoms with E-state index in [4.69, 9.17) is 10.5 Å². The molecule has 2 rings (SSSR count). The summed E-state index contributed by atoms with van der Waals surface area (Å²) in [6, 6.07) is 2.83. The number of halogens is 1. The van der Waals surface area contributed by atoms with Crippen LogP contribution in [0.2, 0.25) is 0 Å². The second-order valence-corrected chi connectivity index (χ2v) is 4.20. The molecule has 0 saturated heterocycles. The van der Waals surface area contributed by atoms with Crippen molar-refractivity contribution in [2.75, 3.05) is 17.7 Å². The third-order valence-electron chi connectivity index (χ3n) is 2.80. The highest BCUT2D eigenvalue weighted by Gasteiger charge is 2.12. The van der Waals surface area contributed by atoms with Gasteiger partial charge in [0.05, 0.1) is 30.2 Å². The first-order chi connectivity index (χ1) is 9.11. The van der Waals surface area contributed by atoms with E-state index < -0.39 is 5.82 Å². The van der Waals surface area contributed by atoms with Crippen LogP contribution in [0.25, 0.3) is 0 Å². The fourth-order valence-corrected chi connectivity index (χ4v) is 1.77. The number of benzene rings is 1.